The van der Waals surface area contributed by atoms with E-state index in [-0.39, 0.29) is 12.1 Å². The van der Waals surface area contributed by atoms with Gasteiger partial charge in [-0.3, -0.25) is 0 Å². The molecule has 3 nitrogen and oxygen atoms in total. The van der Waals surface area contributed by atoms with E-state index >= 15 is 0 Å². The molecule has 0 saturated heterocycles. The van der Waals surface area contributed by atoms with Crippen molar-refractivity contribution in [2.24, 2.45) is 0 Å². The lowest BCUT2D eigenvalue weighted by atomic mass is 10.1. The molecule has 0 aromatic heterocycles. The predicted octanol–water partition coefficient (Wildman–Crippen LogP) is 2.01. The second kappa shape index (κ2) is 5.73. The van der Waals surface area contributed by atoms with Crippen molar-refractivity contribution in [3.05, 3.63) is 29.8 Å². The number of nitrogens with one attached hydrogen (secondary N) is 1. The van der Waals surface area contributed by atoms with Gasteiger partial charge in [-0.25, -0.2) is 0 Å². The maximum Gasteiger partial charge on any atom is 0.0733 e. The van der Waals surface area contributed by atoms with Crippen LogP contribution in [0.25, 0.3) is 0 Å². The number of aliphatic hydroxyl groups is 1. The van der Waals surface area contributed by atoms with E-state index in [0.717, 1.165) is 11.3 Å². The maximum absolute atomic E-state index is 9.41. The number of hydrogen-bond acceptors (Lipinski definition) is 3. The molecule has 3 heteroatoms. The molecule has 15 heavy (non-hydrogen) atoms. The number of rotatable bonds is 5. The van der Waals surface area contributed by atoms with Gasteiger partial charge in [-0.1, -0.05) is 18.2 Å². The smallest absolute Gasteiger partial charge is 0.0733 e. The van der Waals surface area contributed by atoms with Crippen LogP contribution < -0.4 is 5.32 Å². The van der Waals surface area contributed by atoms with E-state index in [0.29, 0.717) is 6.61 Å². The van der Waals surface area contributed by atoms with Crippen molar-refractivity contribution in [2.45, 2.75) is 32.6 Å². The Labute approximate surface area is 91.1 Å². The molecular weight excluding hydrogens is 190 g/mol. The number of ether oxygens (including phenoxy) is 1. The van der Waals surface area contributed by atoms with Gasteiger partial charge in [-0.2, -0.15) is 0 Å². The highest BCUT2D eigenvalue weighted by atomic mass is 16.5. The molecule has 0 heterocycles. The summed E-state index contributed by atoms with van der Waals surface area (Å²) >= 11 is 0. The number of methoxy groups -OCH3 is 1. The van der Waals surface area contributed by atoms with Gasteiger partial charge < -0.3 is 15.2 Å². The Hall–Kier alpha value is -1.06. The van der Waals surface area contributed by atoms with Crippen molar-refractivity contribution in [1.82, 2.24) is 0 Å². The fourth-order valence-electron chi connectivity index (χ4n) is 1.31. The third-order valence-electron chi connectivity index (χ3n) is 2.42. The maximum atomic E-state index is 9.41. The van der Waals surface area contributed by atoms with Crippen LogP contribution in [0, 0.1) is 0 Å². The molecule has 1 aromatic rings. The Morgan fingerprint density at radius 2 is 2.00 bits per heavy atom. The molecule has 1 aromatic carbocycles. The van der Waals surface area contributed by atoms with Crippen LogP contribution in [-0.2, 0) is 11.3 Å². The van der Waals surface area contributed by atoms with Gasteiger partial charge in [0, 0.05) is 24.4 Å². The van der Waals surface area contributed by atoms with Crippen LogP contribution in [0.4, 0.5) is 5.69 Å². The van der Waals surface area contributed by atoms with Crippen LogP contribution in [-0.4, -0.2) is 24.4 Å². The van der Waals surface area contributed by atoms with Crippen molar-refractivity contribution in [2.75, 3.05) is 12.4 Å². The number of hydrogen-bond donors (Lipinski definition) is 2. The molecule has 0 bridgehead atoms. The second-order valence-corrected chi connectivity index (χ2v) is 3.76. The molecule has 2 N–H and O–H groups in total. The van der Waals surface area contributed by atoms with E-state index in [2.05, 4.69) is 5.32 Å². The Bertz CT molecular complexity index is 299. The van der Waals surface area contributed by atoms with Crippen molar-refractivity contribution >= 4 is 5.69 Å². The highest BCUT2D eigenvalue weighted by Gasteiger charge is 2.09. The van der Waals surface area contributed by atoms with Gasteiger partial charge in [-0.05, 0) is 19.9 Å². The number of anilines is 1. The molecule has 2 atom stereocenters. The Morgan fingerprint density at radius 1 is 1.33 bits per heavy atom. The van der Waals surface area contributed by atoms with Crippen molar-refractivity contribution in [3.63, 3.8) is 0 Å². The van der Waals surface area contributed by atoms with Crippen LogP contribution in [0.1, 0.15) is 19.4 Å². The zero-order chi connectivity index (χ0) is 11.3. The Balaban J connectivity index is 2.74. The summed E-state index contributed by atoms with van der Waals surface area (Å²) in [5.74, 6) is 0. The molecule has 0 spiro atoms. The van der Waals surface area contributed by atoms with Crippen molar-refractivity contribution in [3.8, 4) is 0 Å². The molecule has 1 rings (SSSR count). The lowest BCUT2D eigenvalue weighted by Crippen LogP contribution is -2.28. The largest absolute Gasteiger partial charge is 0.391 e. The van der Waals surface area contributed by atoms with Gasteiger partial charge in [0.05, 0.1) is 12.7 Å². The molecule has 84 valence electrons. The summed E-state index contributed by atoms with van der Waals surface area (Å²) in [5.41, 5.74) is 2.13. The molecule has 0 saturated carbocycles. The van der Waals surface area contributed by atoms with E-state index in [9.17, 15) is 5.11 Å². The van der Waals surface area contributed by atoms with E-state index in [1.54, 1.807) is 14.0 Å². The molecular formula is C12H19NO2. The number of aliphatic hydroxyl groups excluding tert-OH is 1. The highest BCUT2D eigenvalue weighted by molar-refractivity contribution is 5.51. The third kappa shape index (κ3) is 3.53. The van der Waals surface area contributed by atoms with Gasteiger partial charge in [0.1, 0.15) is 0 Å². The first-order valence-electron chi connectivity index (χ1n) is 5.16. The standard InChI is InChI=1S/C12H19NO2/c1-9(10(2)14)13-12-7-5-4-6-11(12)8-15-3/h4-7,9-10,13-14H,8H2,1-3H3. The fraction of sp³-hybridized carbons (Fsp3) is 0.500. The van der Waals surface area contributed by atoms with Gasteiger partial charge in [0.25, 0.3) is 0 Å². The van der Waals surface area contributed by atoms with Crippen LogP contribution in [0.3, 0.4) is 0 Å². The molecule has 0 fully saturated rings. The second-order valence-electron chi connectivity index (χ2n) is 3.76. The summed E-state index contributed by atoms with van der Waals surface area (Å²) in [5, 5.41) is 12.7. The lowest BCUT2D eigenvalue weighted by Gasteiger charge is -2.20. The fourth-order valence-corrected chi connectivity index (χ4v) is 1.31. The lowest BCUT2D eigenvalue weighted by molar-refractivity contribution is 0.176. The Morgan fingerprint density at radius 3 is 2.60 bits per heavy atom. The van der Waals surface area contributed by atoms with Gasteiger partial charge >= 0.3 is 0 Å². The first kappa shape index (κ1) is 12.0. The molecule has 0 radical (unpaired) electrons. The van der Waals surface area contributed by atoms with Crippen molar-refractivity contribution in [1.29, 1.82) is 0 Å². The normalized spacial score (nSPS) is 14.7. The molecule has 0 aliphatic carbocycles. The summed E-state index contributed by atoms with van der Waals surface area (Å²) < 4.78 is 5.11. The molecule has 0 amide bonds. The minimum Gasteiger partial charge on any atom is -0.391 e. The molecule has 0 aliphatic heterocycles. The summed E-state index contributed by atoms with van der Waals surface area (Å²) in [6.45, 7) is 4.31. The van der Waals surface area contributed by atoms with Gasteiger partial charge in [0.2, 0.25) is 0 Å². The summed E-state index contributed by atoms with van der Waals surface area (Å²) in [6.07, 6.45) is -0.374. The summed E-state index contributed by atoms with van der Waals surface area (Å²) in [6, 6.07) is 7.99. The zero-order valence-electron chi connectivity index (χ0n) is 9.53. The average Bonchev–Trinajstić information content (AvgIpc) is 2.21. The van der Waals surface area contributed by atoms with Crippen LogP contribution in [0.5, 0.6) is 0 Å². The van der Waals surface area contributed by atoms with Crippen LogP contribution in [0.2, 0.25) is 0 Å². The minimum absolute atomic E-state index is 0.0306. The highest BCUT2D eigenvalue weighted by Crippen LogP contribution is 2.17. The van der Waals surface area contributed by atoms with Gasteiger partial charge in [-0.15, -0.1) is 0 Å². The summed E-state index contributed by atoms with van der Waals surface area (Å²) in [4.78, 5) is 0. The van der Waals surface area contributed by atoms with Crippen LogP contribution >= 0.6 is 0 Å². The minimum atomic E-state index is -0.374. The quantitative estimate of drug-likeness (QED) is 0.779. The average molecular weight is 209 g/mol. The van der Waals surface area contributed by atoms with Crippen molar-refractivity contribution < 1.29 is 9.84 Å². The zero-order valence-corrected chi connectivity index (χ0v) is 9.53. The van der Waals surface area contributed by atoms with E-state index in [1.165, 1.54) is 0 Å². The Kier molecular flexibility index (Phi) is 4.59. The first-order chi connectivity index (χ1) is 7.15. The van der Waals surface area contributed by atoms with E-state index < -0.39 is 0 Å². The number of benzene rings is 1. The van der Waals surface area contributed by atoms with Gasteiger partial charge in [0.15, 0.2) is 0 Å². The van der Waals surface area contributed by atoms with E-state index in [4.69, 9.17) is 4.74 Å². The predicted molar refractivity (Wildman–Crippen MR) is 61.9 cm³/mol. The third-order valence-corrected chi connectivity index (χ3v) is 2.42. The first-order valence-corrected chi connectivity index (χ1v) is 5.16. The van der Waals surface area contributed by atoms with Crippen LogP contribution in [0.15, 0.2) is 24.3 Å². The monoisotopic (exact) mass is 209 g/mol. The number of para-hydroxylation sites is 1. The molecule has 2 unspecified atom stereocenters. The SMILES string of the molecule is COCc1ccccc1NC(C)C(C)O. The summed E-state index contributed by atoms with van der Waals surface area (Å²) in [7, 11) is 1.68. The van der Waals surface area contributed by atoms with E-state index in [1.807, 2.05) is 31.2 Å². The molecule has 0 aliphatic rings. The topological polar surface area (TPSA) is 41.5 Å².